The van der Waals surface area contributed by atoms with E-state index < -0.39 is 12.0 Å². The first kappa shape index (κ1) is 43.6. The number of fused-ring (bicyclic) bond motifs is 6. The van der Waals surface area contributed by atoms with Crippen LogP contribution in [0, 0.1) is 20.8 Å². The van der Waals surface area contributed by atoms with E-state index in [-0.39, 0.29) is 49.9 Å². The molecule has 0 radical (unpaired) electrons. The maximum absolute atomic E-state index is 14.3. The average molecular weight is 940 g/mol. The molecule has 13 nitrogen and oxygen atoms in total. The van der Waals surface area contributed by atoms with Gasteiger partial charge >= 0.3 is 5.97 Å². The van der Waals surface area contributed by atoms with Crippen molar-refractivity contribution in [2.45, 2.75) is 64.8 Å². The third kappa shape index (κ3) is 8.87. The number of hydrogen-bond acceptors (Lipinski definition) is 12. The Kier molecular flexibility index (Phi) is 12.3. The van der Waals surface area contributed by atoms with Crippen LogP contribution in [0.4, 0.5) is 0 Å². The predicted octanol–water partition coefficient (Wildman–Crippen LogP) is 8.23. The number of piperazine rings is 1. The van der Waals surface area contributed by atoms with E-state index in [0.717, 1.165) is 85.4 Å². The molecule has 4 aromatic carbocycles. The summed E-state index contributed by atoms with van der Waals surface area (Å²) in [4.78, 5) is 54.9. The second-order valence-corrected chi connectivity index (χ2v) is 19.5. The molecule has 2 fully saturated rings. The van der Waals surface area contributed by atoms with E-state index in [1.54, 1.807) is 11.3 Å². The van der Waals surface area contributed by atoms with E-state index in [1.807, 2.05) is 85.1 Å². The summed E-state index contributed by atoms with van der Waals surface area (Å²) >= 11 is 9.47. The maximum Gasteiger partial charge on any atom is 0.325 e. The molecule has 6 heterocycles. The van der Waals surface area contributed by atoms with Crippen LogP contribution in [0.3, 0.4) is 0 Å². The summed E-state index contributed by atoms with van der Waals surface area (Å²) in [7, 11) is 0. The second kappa shape index (κ2) is 18.6. The van der Waals surface area contributed by atoms with Crippen LogP contribution >= 0.6 is 34.3 Å². The smallest absolute Gasteiger partial charge is 0.325 e. The number of ether oxygens (including phenoxy) is 2. The van der Waals surface area contributed by atoms with Gasteiger partial charge in [0.1, 0.15) is 47.4 Å². The van der Waals surface area contributed by atoms with Gasteiger partial charge in [0, 0.05) is 69.1 Å². The molecule has 10 rings (SSSR count). The Hall–Kier alpha value is -6.26. The number of rotatable bonds is 14. The first-order valence-electron chi connectivity index (χ1n) is 22.0. The number of carbonyl (C=O) groups is 3. The number of aliphatic imine (C=N–C) groups is 1. The molecule has 7 aromatic rings. The van der Waals surface area contributed by atoms with Crippen LogP contribution in [0.1, 0.15) is 63.4 Å². The number of halogens is 1. The lowest BCUT2D eigenvalue weighted by Crippen LogP contribution is -2.49. The van der Waals surface area contributed by atoms with E-state index in [0.29, 0.717) is 29.7 Å². The molecule has 2 amide bonds. The molecular weight excluding hydrogens is 892 g/mol. The Morgan fingerprint density at radius 1 is 0.909 bits per heavy atom. The van der Waals surface area contributed by atoms with Gasteiger partial charge in [0.15, 0.2) is 5.82 Å². The second-order valence-electron chi connectivity index (χ2n) is 17.0. The van der Waals surface area contributed by atoms with Crippen molar-refractivity contribution >= 4 is 68.5 Å². The first-order chi connectivity index (χ1) is 32.1. The molecule has 3 atom stereocenters. The number of thiophene rings is 1. The van der Waals surface area contributed by atoms with Gasteiger partial charge in [-0.05, 0) is 68.0 Å². The van der Waals surface area contributed by atoms with Gasteiger partial charge < -0.3 is 19.7 Å². The summed E-state index contributed by atoms with van der Waals surface area (Å²) in [5, 5.41) is 18.1. The molecule has 16 heteroatoms. The quantitative estimate of drug-likeness (QED) is 0.107. The Balaban J connectivity index is 0.750. The monoisotopic (exact) mass is 938 g/mol. The number of benzene rings is 4. The number of thiazole rings is 1. The number of esters is 1. The van der Waals surface area contributed by atoms with Gasteiger partial charge in [-0.25, -0.2) is 4.98 Å². The van der Waals surface area contributed by atoms with Gasteiger partial charge in [-0.15, -0.1) is 32.9 Å². The fourth-order valence-electron chi connectivity index (χ4n) is 9.23. The summed E-state index contributed by atoms with van der Waals surface area (Å²) in [6, 6.07) is 29.2. The van der Waals surface area contributed by atoms with Crippen molar-refractivity contribution in [2.75, 3.05) is 32.8 Å². The van der Waals surface area contributed by atoms with E-state index in [4.69, 9.17) is 31.1 Å². The first-order valence-corrected chi connectivity index (χ1v) is 24.1. The summed E-state index contributed by atoms with van der Waals surface area (Å²) < 4.78 is 13.8. The summed E-state index contributed by atoms with van der Waals surface area (Å²) in [5.74, 6) is 1.51. The highest BCUT2D eigenvalue weighted by atomic mass is 35.5. The number of amides is 2. The molecule has 1 N–H and O–H groups in total. The van der Waals surface area contributed by atoms with Crippen molar-refractivity contribution in [1.82, 2.24) is 34.9 Å². The molecule has 0 saturated carbocycles. The van der Waals surface area contributed by atoms with Crippen LogP contribution in [-0.4, -0.2) is 97.9 Å². The van der Waals surface area contributed by atoms with E-state index >= 15 is 0 Å². The number of carbonyl (C=O) groups excluding carboxylic acids is 3. The highest BCUT2D eigenvalue weighted by molar-refractivity contribution is 7.15. The third-order valence-corrected chi connectivity index (χ3v) is 15.1. The zero-order valence-electron chi connectivity index (χ0n) is 36.7. The summed E-state index contributed by atoms with van der Waals surface area (Å²) in [5.41, 5.74) is 6.42. The number of nitrogens with one attached hydrogen (secondary N) is 1. The minimum atomic E-state index is -0.507. The van der Waals surface area contributed by atoms with Gasteiger partial charge in [0.05, 0.1) is 24.2 Å². The zero-order valence-corrected chi connectivity index (χ0v) is 39.1. The Bertz CT molecular complexity index is 3000. The Morgan fingerprint density at radius 3 is 2.53 bits per heavy atom. The topological polar surface area (TPSA) is 144 Å². The van der Waals surface area contributed by atoms with Crippen LogP contribution in [0.15, 0.2) is 101 Å². The minimum absolute atomic E-state index is 0.0510. The minimum Gasteiger partial charge on any atom is -0.492 e. The summed E-state index contributed by atoms with van der Waals surface area (Å²) in [6.45, 7) is 8.84. The predicted molar refractivity (Wildman–Crippen MR) is 257 cm³/mol. The molecule has 3 aromatic heterocycles. The lowest BCUT2D eigenvalue weighted by molar-refractivity contribution is -0.145. The van der Waals surface area contributed by atoms with Gasteiger partial charge in [-0.2, -0.15) is 0 Å². The average Bonchev–Trinajstić information content (AvgIpc) is 4.17. The van der Waals surface area contributed by atoms with Crippen molar-refractivity contribution in [2.24, 2.45) is 4.99 Å². The fraction of sp³-hybridized carbons (Fsp3) is 0.300. The van der Waals surface area contributed by atoms with Crippen LogP contribution in [0.2, 0.25) is 5.02 Å². The number of likely N-dealkylation sites (tertiary alicyclic amines) is 2. The molecule has 336 valence electrons. The molecule has 3 aliphatic heterocycles. The highest BCUT2D eigenvalue weighted by Crippen LogP contribution is 2.41. The fourth-order valence-corrected chi connectivity index (χ4v) is 11.4. The van der Waals surface area contributed by atoms with E-state index in [9.17, 15) is 14.4 Å². The number of aromatic nitrogens is 4. The maximum atomic E-state index is 14.3. The molecule has 0 unspecified atom stereocenters. The van der Waals surface area contributed by atoms with Gasteiger partial charge in [0.2, 0.25) is 11.8 Å². The number of nitrogens with zero attached hydrogens (tertiary/aromatic N) is 7. The van der Waals surface area contributed by atoms with Crippen molar-refractivity contribution in [3.63, 3.8) is 0 Å². The van der Waals surface area contributed by atoms with Crippen LogP contribution in [0.5, 0.6) is 5.75 Å². The van der Waals surface area contributed by atoms with E-state index in [1.165, 1.54) is 16.2 Å². The molecule has 66 heavy (non-hydrogen) atoms. The Labute approximate surface area is 395 Å². The molecular formula is C50H47ClN8O5S2. The molecule has 0 spiro atoms. The summed E-state index contributed by atoms with van der Waals surface area (Å²) in [6.07, 6.45) is 1.18. The van der Waals surface area contributed by atoms with Crippen molar-refractivity contribution in [1.29, 1.82) is 0 Å². The van der Waals surface area contributed by atoms with Crippen molar-refractivity contribution in [3.05, 3.63) is 146 Å². The zero-order chi connectivity index (χ0) is 45.5. The SMILES string of the molecule is Cc1sc2c(c1C)C(c1ccc(Cl)cc1)=N[C@@H](CC(=O)N1C[C@@H]3C[C@H]1CN3CCOc1cccc3ccc(-c4nc(CC(=O)NCC(=O)OCc5ccccc5)cs4)cc13)c1nnc(C)n1-2. The van der Waals surface area contributed by atoms with Crippen LogP contribution in [0.25, 0.3) is 26.3 Å². The van der Waals surface area contributed by atoms with Gasteiger partial charge in [-0.3, -0.25) is 28.8 Å². The van der Waals surface area contributed by atoms with Crippen molar-refractivity contribution in [3.8, 4) is 21.3 Å². The molecule has 2 saturated heterocycles. The van der Waals surface area contributed by atoms with Gasteiger partial charge in [0.25, 0.3) is 0 Å². The Morgan fingerprint density at radius 2 is 1.73 bits per heavy atom. The van der Waals surface area contributed by atoms with Crippen LogP contribution in [-0.2, 0) is 32.1 Å². The lowest BCUT2D eigenvalue weighted by atomic mass is 9.99. The molecule has 0 aliphatic carbocycles. The largest absolute Gasteiger partial charge is 0.492 e. The molecule has 3 aliphatic rings. The van der Waals surface area contributed by atoms with Crippen molar-refractivity contribution < 1.29 is 23.9 Å². The lowest BCUT2D eigenvalue weighted by Gasteiger charge is -2.34. The van der Waals surface area contributed by atoms with E-state index in [2.05, 4.69) is 61.9 Å². The standard InChI is InChI=1S/C50H47ClN8O5S2/c1-29-30(2)66-50-46(29)47(34-14-16-36(51)17-15-34)54-41(48-56-55-31(3)59(48)50)23-44(61)58-26-38-22-39(58)25-57(38)18-19-63-42-11-7-10-33-12-13-35(20-40(33)42)49-53-37(28-65-49)21-43(60)52-24-45(62)64-27-32-8-5-4-6-9-32/h4-17,20,28,38-39,41H,18-19,21-27H2,1-3H3,(H,52,60)/t38-,39-,41-/m0/s1. The number of aryl methyl sites for hydroxylation is 2. The van der Waals surface area contributed by atoms with Crippen LogP contribution < -0.4 is 10.1 Å². The normalized spacial score (nSPS) is 17.6. The van der Waals surface area contributed by atoms with Gasteiger partial charge in [-0.1, -0.05) is 78.3 Å². The third-order valence-electron chi connectivity index (χ3n) is 12.7. The number of hydrogen-bond donors (Lipinski definition) is 1. The molecule has 2 bridgehead atoms. The highest BCUT2D eigenvalue weighted by Gasteiger charge is 2.45.